The Morgan fingerprint density at radius 1 is 0.385 bits per heavy atom. The Bertz CT molecular complexity index is 664. The van der Waals surface area contributed by atoms with Crippen LogP contribution in [0.25, 0.3) is 0 Å². The van der Waals surface area contributed by atoms with Crippen molar-refractivity contribution >= 4 is 0 Å². The van der Waals surface area contributed by atoms with Crippen LogP contribution in [0.3, 0.4) is 0 Å². The lowest BCUT2D eigenvalue weighted by Gasteiger charge is -2.27. The SMILES string of the molecule is c1cccc(C2CCC2)ccc(C2CCC2)ccc(C2CCC2)ccc1. The van der Waals surface area contributed by atoms with Crippen molar-refractivity contribution in [3.8, 4) is 0 Å². The summed E-state index contributed by atoms with van der Waals surface area (Å²) in [6.07, 6.45) is 12.3. The fraction of sp³-hybridized carbons (Fsp3) is 0.462. The normalized spacial score (nSPS) is 20.0. The Morgan fingerprint density at radius 2 is 0.692 bits per heavy atom. The Morgan fingerprint density at radius 3 is 1.00 bits per heavy atom. The zero-order valence-corrected chi connectivity index (χ0v) is 15.9. The number of hydrogen-bond donors (Lipinski definition) is 0. The monoisotopic (exact) mass is 344 g/mol. The van der Waals surface area contributed by atoms with Crippen molar-refractivity contribution in [2.75, 3.05) is 0 Å². The zero-order valence-electron chi connectivity index (χ0n) is 15.9. The van der Waals surface area contributed by atoms with Gasteiger partial charge in [0, 0.05) is 0 Å². The van der Waals surface area contributed by atoms with Crippen LogP contribution < -0.4 is 0 Å². The summed E-state index contributed by atoms with van der Waals surface area (Å²) < 4.78 is 0. The van der Waals surface area contributed by atoms with E-state index in [0.717, 1.165) is 17.8 Å². The van der Waals surface area contributed by atoms with E-state index in [1.54, 1.807) is 5.56 Å². The van der Waals surface area contributed by atoms with Gasteiger partial charge in [0.2, 0.25) is 0 Å². The molecule has 0 bridgehead atoms. The third kappa shape index (κ3) is 4.29. The van der Waals surface area contributed by atoms with Crippen LogP contribution in [0.1, 0.15) is 92.2 Å². The van der Waals surface area contributed by atoms with Crippen LogP contribution in [0.2, 0.25) is 0 Å². The molecule has 0 spiro atoms. The number of rotatable bonds is 3. The molecule has 1 aromatic rings. The zero-order chi connectivity index (χ0) is 17.6. The highest BCUT2D eigenvalue weighted by Crippen LogP contribution is 2.39. The molecule has 3 fully saturated rings. The molecule has 4 rings (SSSR count). The van der Waals surface area contributed by atoms with Gasteiger partial charge in [-0.05, 0) is 73.0 Å². The maximum absolute atomic E-state index is 2.43. The molecule has 1 aromatic carbocycles. The van der Waals surface area contributed by atoms with Gasteiger partial charge in [-0.1, -0.05) is 86.0 Å². The van der Waals surface area contributed by atoms with Crippen LogP contribution in [0.15, 0.2) is 66.7 Å². The molecule has 3 aliphatic rings. The predicted molar refractivity (Wildman–Crippen MR) is 111 cm³/mol. The first-order valence-corrected chi connectivity index (χ1v) is 10.7. The molecule has 0 amide bonds. The van der Waals surface area contributed by atoms with E-state index in [4.69, 9.17) is 0 Å². The molecule has 0 saturated heterocycles. The predicted octanol–water partition coefficient (Wildman–Crippen LogP) is 7.74. The van der Waals surface area contributed by atoms with Gasteiger partial charge in [0.15, 0.2) is 0 Å². The minimum absolute atomic E-state index is 0.774. The van der Waals surface area contributed by atoms with E-state index in [9.17, 15) is 0 Å². The van der Waals surface area contributed by atoms with E-state index >= 15 is 0 Å². The summed E-state index contributed by atoms with van der Waals surface area (Å²) in [4.78, 5) is 0. The second-order valence-corrected chi connectivity index (χ2v) is 8.35. The highest BCUT2D eigenvalue weighted by Gasteiger charge is 2.21. The summed E-state index contributed by atoms with van der Waals surface area (Å²) in [7, 11) is 0. The van der Waals surface area contributed by atoms with Crippen LogP contribution in [0, 0.1) is 0 Å². The summed E-state index contributed by atoms with van der Waals surface area (Å²) in [6, 6.07) is 25.3. The number of hydrogen-bond acceptors (Lipinski definition) is 0. The molecular formula is C26H32. The van der Waals surface area contributed by atoms with Crippen LogP contribution in [0.4, 0.5) is 0 Å². The van der Waals surface area contributed by atoms with Crippen molar-refractivity contribution in [1.82, 2.24) is 0 Å². The summed E-state index contributed by atoms with van der Waals surface area (Å²) in [6.45, 7) is 0. The Balaban J connectivity index is 1.77. The maximum atomic E-state index is 2.43. The molecule has 0 nitrogen and oxygen atoms in total. The van der Waals surface area contributed by atoms with Crippen molar-refractivity contribution in [2.24, 2.45) is 0 Å². The second kappa shape index (κ2) is 8.71. The molecule has 0 atom stereocenters. The standard InChI is InChI=1S/C26H32/c1-2-4-9-24(21-11-6-12-21)17-19-26(23-15-8-16-23)20-18-25(10-5-3-1)22-13-7-14-22/h1-5,9-10,17-23H,6-8,11-16H2. The largest absolute Gasteiger partial charge is 0.0623 e. The van der Waals surface area contributed by atoms with Crippen LogP contribution in [-0.2, 0) is 0 Å². The molecule has 0 N–H and O–H groups in total. The lowest BCUT2D eigenvalue weighted by atomic mass is 9.78. The fourth-order valence-electron chi connectivity index (χ4n) is 4.12. The van der Waals surface area contributed by atoms with Crippen molar-refractivity contribution in [3.05, 3.63) is 83.4 Å². The van der Waals surface area contributed by atoms with Gasteiger partial charge < -0.3 is 0 Å². The average Bonchev–Trinajstić information content (AvgIpc) is 2.49. The summed E-state index contributed by atoms with van der Waals surface area (Å²) in [5.74, 6) is 2.33. The van der Waals surface area contributed by atoms with E-state index in [1.807, 2.05) is 0 Å². The summed E-state index contributed by atoms with van der Waals surface area (Å²) in [5, 5.41) is 0. The molecule has 3 saturated carbocycles. The van der Waals surface area contributed by atoms with Crippen LogP contribution >= 0.6 is 0 Å². The Kier molecular flexibility index (Phi) is 5.89. The van der Waals surface area contributed by atoms with Gasteiger partial charge in [0.25, 0.3) is 0 Å². The topological polar surface area (TPSA) is 0 Å². The Hall–Kier alpha value is -1.82. The first-order valence-electron chi connectivity index (χ1n) is 10.7. The minimum Gasteiger partial charge on any atom is -0.0623 e. The van der Waals surface area contributed by atoms with E-state index in [0.29, 0.717) is 0 Å². The van der Waals surface area contributed by atoms with E-state index in [-0.39, 0.29) is 0 Å². The van der Waals surface area contributed by atoms with Gasteiger partial charge in [-0.15, -0.1) is 0 Å². The molecule has 0 unspecified atom stereocenters. The maximum Gasteiger partial charge on any atom is -0.0162 e. The van der Waals surface area contributed by atoms with Crippen LogP contribution in [0.5, 0.6) is 0 Å². The van der Waals surface area contributed by atoms with Gasteiger partial charge in [-0.25, -0.2) is 0 Å². The molecule has 136 valence electrons. The third-order valence-electron chi connectivity index (χ3n) is 6.69. The molecule has 3 aliphatic carbocycles. The van der Waals surface area contributed by atoms with Crippen molar-refractivity contribution in [1.29, 1.82) is 0 Å². The van der Waals surface area contributed by atoms with Gasteiger partial charge in [0.1, 0.15) is 0 Å². The molecule has 0 radical (unpaired) electrons. The van der Waals surface area contributed by atoms with Crippen molar-refractivity contribution in [3.63, 3.8) is 0 Å². The summed E-state index contributed by atoms with van der Waals surface area (Å²) >= 11 is 0. The molecule has 26 heavy (non-hydrogen) atoms. The molecule has 0 heterocycles. The first-order chi connectivity index (χ1) is 12.9. The molecular weight excluding hydrogens is 312 g/mol. The Labute approximate surface area is 159 Å². The molecule has 0 aliphatic heterocycles. The smallest absolute Gasteiger partial charge is 0.0162 e. The second-order valence-electron chi connectivity index (χ2n) is 8.35. The van der Waals surface area contributed by atoms with Crippen molar-refractivity contribution in [2.45, 2.75) is 75.5 Å². The quantitative estimate of drug-likeness (QED) is 0.526. The highest BCUT2D eigenvalue weighted by atomic mass is 14.3. The lowest BCUT2D eigenvalue weighted by molar-refractivity contribution is 0.416. The fourth-order valence-corrected chi connectivity index (χ4v) is 4.12. The van der Waals surface area contributed by atoms with Gasteiger partial charge in [0.05, 0.1) is 0 Å². The van der Waals surface area contributed by atoms with E-state index < -0.39 is 0 Å². The van der Waals surface area contributed by atoms with Gasteiger partial charge in [-0.3, -0.25) is 0 Å². The van der Waals surface area contributed by atoms with Crippen LogP contribution in [-0.4, -0.2) is 0 Å². The minimum atomic E-state index is 0.774. The first kappa shape index (κ1) is 17.6. The van der Waals surface area contributed by atoms with E-state index in [1.165, 1.54) is 68.9 Å². The molecule has 0 aromatic heterocycles. The third-order valence-corrected chi connectivity index (χ3v) is 6.69. The summed E-state index contributed by atoms with van der Waals surface area (Å²) in [5.41, 5.74) is 4.58. The molecule has 0 heteroatoms. The lowest BCUT2D eigenvalue weighted by Crippen LogP contribution is -2.09. The van der Waals surface area contributed by atoms with Gasteiger partial charge in [-0.2, -0.15) is 0 Å². The van der Waals surface area contributed by atoms with E-state index in [2.05, 4.69) is 66.7 Å². The highest BCUT2D eigenvalue weighted by molar-refractivity contribution is 5.27. The van der Waals surface area contributed by atoms with Gasteiger partial charge >= 0.3 is 0 Å². The average molecular weight is 345 g/mol. The van der Waals surface area contributed by atoms with Crippen molar-refractivity contribution < 1.29 is 0 Å².